The molecule has 1 heterocycles. The maximum absolute atomic E-state index is 12.4. The first-order valence-corrected chi connectivity index (χ1v) is 9.81. The smallest absolute Gasteiger partial charge is 0.267 e. The standard InChI is InChI=1S/C22H26N4O2/c1-21(2)16-11-12-22(21,3)18(13-16)23-24-19(27)14-26-20(28)10-9-17(25-26)15-7-5-4-6-8-15/h4-10,16H,11-14H2,1-3H3,(H,24,27)/b23-18+. The summed E-state index contributed by atoms with van der Waals surface area (Å²) >= 11 is 0. The molecule has 2 atom stereocenters. The molecule has 1 N–H and O–H groups in total. The number of hydrogen-bond acceptors (Lipinski definition) is 4. The van der Waals surface area contributed by atoms with Crippen molar-refractivity contribution in [2.75, 3.05) is 0 Å². The highest BCUT2D eigenvalue weighted by Gasteiger charge is 2.60. The van der Waals surface area contributed by atoms with Gasteiger partial charge in [-0.25, -0.2) is 10.1 Å². The summed E-state index contributed by atoms with van der Waals surface area (Å²) in [5.41, 5.74) is 5.21. The van der Waals surface area contributed by atoms with E-state index in [-0.39, 0.29) is 28.8 Å². The maximum Gasteiger partial charge on any atom is 0.267 e. The molecule has 6 heteroatoms. The summed E-state index contributed by atoms with van der Waals surface area (Å²) in [6.45, 7) is 6.70. The van der Waals surface area contributed by atoms with E-state index >= 15 is 0 Å². The summed E-state index contributed by atoms with van der Waals surface area (Å²) in [6.07, 6.45) is 3.27. The van der Waals surface area contributed by atoms with Gasteiger partial charge >= 0.3 is 0 Å². The SMILES string of the molecule is CC12CCC(C/C1=N\NC(=O)Cn1nc(-c3ccccc3)ccc1=O)C2(C)C. The highest BCUT2D eigenvalue weighted by Crippen LogP contribution is 2.63. The van der Waals surface area contributed by atoms with Crippen LogP contribution < -0.4 is 11.0 Å². The van der Waals surface area contributed by atoms with Gasteiger partial charge in [-0.1, -0.05) is 51.1 Å². The number of carbonyl (C=O) groups excluding carboxylic acids is 1. The fourth-order valence-electron chi connectivity index (χ4n) is 4.72. The van der Waals surface area contributed by atoms with Gasteiger partial charge in [0, 0.05) is 22.8 Å². The molecule has 4 rings (SSSR count). The minimum Gasteiger partial charge on any atom is -0.271 e. The van der Waals surface area contributed by atoms with Crippen LogP contribution in [0.5, 0.6) is 0 Å². The first-order valence-electron chi connectivity index (χ1n) is 9.81. The Bertz CT molecular complexity index is 993. The molecule has 0 aliphatic heterocycles. The molecule has 2 unspecified atom stereocenters. The molecular weight excluding hydrogens is 352 g/mol. The fraction of sp³-hybridized carbons (Fsp3) is 0.455. The van der Waals surface area contributed by atoms with Crippen LogP contribution in [-0.2, 0) is 11.3 Å². The van der Waals surface area contributed by atoms with Crippen LogP contribution in [0.4, 0.5) is 0 Å². The Labute approximate surface area is 164 Å². The third-order valence-electron chi connectivity index (χ3n) is 7.06. The van der Waals surface area contributed by atoms with E-state index < -0.39 is 0 Å². The average Bonchev–Trinajstić information content (AvgIpc) is 3.02. The molecule has 2 saturated carbocycles. The van der Waals surface area contributed by atoms with Crippen LogP contribution in [0.3, 0.4) is 0 Å². The van der Waals surface area contributed by atoms with Crippen LogP contribution in [0.2, 0.25) is 0 Å². The van der Waals surface area contributed by atoms with Crippen LogP contribution >= 0.6 is 0 Å². The first-order chi connectivity index (χ1) is 13.3. The molecule has 2 aliphatic rings. The molecule has 1 aromatic carbocycles. The normalized spacial score (nSPS) is 26.5. The van der Waals surface area contributed by atoms with Crippen molar-refractivity contribution in [3.63, 3.8) is 0 Å². The number of nitrogens with zero attached hydrogens (tertiary/aromatic N) is 3. The highest BCUT2D eigenvalue weighted by molar-refractivity contribution is 5.95. The summed E-state index contributed by atoms with van der Waals surface area (Å²) in [6, 6.07) is 12.7. The van der Waals surface area contributed by atoms with Crippen LogP contribution in [-0.4, -0.2) is 21.4 Å². The number of amides is 1. The third kappa shape index (κ3) is 2.97. The van der Waals surface area contributed by atoms with Gasteiger partial charge in [0.15, 0.2) is 0 Å². The van der Waals surface area contributed by atoms with Gasteiger partial charge in [0.2, 0.25) is 0 Å². The molecule has 2 aromatic rings. The number of carbonyl (C=O) groups is 1. The molecule has 1 amide bonds. The van der Waals surface area contributed by atoms with E-state index in [1.165, 1.54) is 17.2 Å². The van der Waals surface area contributed by atoms with E-state index in [0.717, 1.165) is 24.1 Å². The number of nitrogens with one attached hydrogen (secondary N) is 1. The van der Waals surface area contributed by atoms with Crippen molar-refractivity contribution in [1.82, 2.24) is 15.2 Å². The van der Waals surface area contributed by atoms with Gasteiger partial charge in [0.05, 0.1) is 5.69 Å². The third-order valence-corrected chi connectivity index (χ3v) is 7.06. The number of fused-ring (bicyclic) bond motifs is 2. The number of benzene rings is 1. The minimum atomic E-state index is -0.337. The number of hydrazone groups is 1. The Morgan fingerprint density at radius 3 is 2.61 bits per heavy atom. The molecule has 2 aliphatic carbocycles. The van der Waals surface area contributed by atoms with Crippen molar-refractivity contribution in [2.45, 2.75) is 46.6 Å². The topological polar surface area (TPSA) is 76.3 Å². The second kappa shape index (κ2) is 6.69. The van der Waals surface area contributed by atoms with Crippen molar-refractivity contribution < 1.29 is 4.79 Å². The van der Waals surface area contributed by atoms with Gasteiger partial charge in [-0.2, -0.15) is 10.2 Å². The molecule has 0 spiro atoms. The lowest BCUT2D eigenvalue weighted by molar-refractivity contribution is -0.121. The quantitative estimate of drug-likeness (QED) is 0.830. The largest absolute Gasteiger partial charge is 0.271 e. The fourth-order valence-corrected chi connectivity index (χ4v) is 4.72. The molecule has 2 fully saturated rings. The van der Waals surface area contributed by atoms with Crippen molar-refractivity contribution in [2.24, 2.45) is 21.8 Å². The molecule has 0 radical (unpaired) electrons. The van der Waals surface area contributed by atoms with Crippen LogP contribution in [0.25, 0.3) is 11.3 Å². The highest BCUT2D eigenvalue weighted by atomic mass is 16.2. The van der Waals surface area contributed by atoms with Crippen molar-refractivity contribution >= 4 is 11.6 Å². The lowest BCUT2D eigenvalue weighted by Crippen LogP contribution is -2.35. The van der Waals surface area contributed by atoms with Crippen LogP contribution in [0.15, 0.2) is 52.4 Å². The van der Waals surface area contributed by atoms with Gasteiger partial charge in [-0.3, -0.25) is 9.59 Å². The number of hydrogen-bond donors (Lipinski definition) is 1. The van der Waals surface area contributed by atoms with E-state index in [1.54, 1.807) is 6.07 Å². The molecular formula is C22H26N4O2. The zero-order chi connectivity index (χ0) is 19.9. The molecule has 2 bridgehead atoms. The van der Waals surface area contributed by atoms with E-state index in [9.17, 15) is 9.59 Å². The van der Waals surface area contributed by atoms with E-state index in [0.29, 0.717) is 11.6 Å². The lowest BCUT2D eigenvalue weighted by Gasteiger charge is -2.34. The maximum atomic E-state index is 12.4. The predicted octanol–water partition coefficient (Wildman–Crippen LogP) is 3.23. The monoisotopic (exact) mass is 378 g/mol. The average molecular weight is 378 g/mol. The zero-order valence-corrected chi connectivity index (χ0v) is 16.6. The lowest BCUT2D eigenvalue weighted by atomic mass is 9.70. The molecule has 0 saturated heterocycles. The van der Waals surface area contributed by atoms with Crippen LogP contribution in [0.1, 0.15) is 40.0 Å². The van der Waals surface area contributed by atoms with Gasteiger partial charge in [0.1, 0.15) is 6.54 Å². The second-order valence-electron chi connectivity index (χ2n) is 8.67. The Kier molecular flexibility index (Phi) is 4.44. The van der Waals surface area contributed by atoms with Gasteiger partial charge in [-0.05, 0) is 36.7 Å². The van der Waals surface area contributed by atoms with Crippen LogP contribution in [0, 0.1) is 16.7 Å². The Morgan fingerprint density at radius 1 is 1.21 bits per heavy atom. The Balaban J connectivity index is 1.49. The summed E-state index contributed by atoms with van der Waals surface area (Å²) in [7, 11) is 0. The molecule has 28 heavy (non-hydrogen) atoms. The molecule has 1 aromatic heterocycles. The van der Waals surface area contributed by atoms with Crippen molar-refractivity contribution in [1.29, 1.82) is 0 Å². The molecule has 146 valence electrons. The van der Waals surface area contributed by atoms with E-state index in [4.69, 9.17) is 0 Å². The zero-order valence-electron chi connectivity index (χ0n) is 16.6. The Hall–Kier alpha value is -2.76. The second-order valence-corrected chi connectivity index (χ2v) is 8.67. The summed E-state index contributed by atoms with van der Waals surface area (Å²) < 4.78 is 1.18. The minimum absolute atomic E-state index is 0.0350. The van der Waals surface area contributed by atoms with Gasteiger partial charge in [-0.15, -0.1) is 0 Å². The van der Waals surface area contributed by atoms with Gasteiger partial charge < -0.3 is 0 Å². The van der Waals surface area contributed by atoms with Gasteiger partial charge in [0.25, 0.3) is 11.5 Å². The molecule has 6 nitrogen and oxygen atoms in total. The summed E-state index contributed by atoms with van der Waals surface area (Å²) in [5, 5.41) is 8.79. The summed E-state index contributed by atoms with van der Waals surface area (Å²) in [4.78, 5) is 24.5. The Morgan fingerprint density at radius 2 is 1.96 bits per heavy atom. The summed E-state index contributed by atoms with van der Waals surface area (Å²) in [5.74, 6) is 0.288. The van der Waals surface area contributed by atoms with E-state index in [1.807, 2.05) is 30.3 Å². The van der Waals surface area contributed by atoms with Crippen molar-refractivity contribution in [3.8, 4) is 11.3 Å². The number of rotatable bonds is 4. The predicted molar refractivity (Wildman–Crippen MR) is 109 cm³/mol. The van der Waals surface area contributed by atoms with E-state index in [2.05, 4.69) is 36.4 Å². The first kappa shape index (κ1) is 18.6. The van der Waals surface area contributed by atoms with Crippen molar-refractivity contribution in [3.05, 3.63) is 52.8 Å². The number of aromatic nitrogens is 2.